The van der Waals surface area contributed by atoms with Gasteiger partial charge < -0.3 is 10.5 Å². The normalized spacial score (nSPS) is 18.1. The van der Waals surface area contributed by atoms with Crippen molar-refractivity contribution < 1.29 is 4.74 Å². The molecule has 0 saturated carbocycles. The summed E-state index contributed by atoms with van der Waals surface area (Å²) in [6.07, 6.45) is 2.49. The minimum Gasteiger partial charge on any atom is -0.399 e. The summed E-state index contributed by atoms with van der Waals surface area (Å²) in [5.41, 5.74) is 9.45. The average Bonchev–Trinajstić information content (AvgIpc) is 2.38. The molecule has 18 heavy (non-hydrogen) atoms. The monoisotopic (exact) mass is 248 g/mol. The second-order valence-corrected chi connectivity index (χ2v) is 5.31. The van der Waals surface area contributed by atoms with E-state index in [1.54, 1.807) is 7.11 Å². The third-order valence-electron chi connectivity index (χ3n) is 3.99. The van der Waals surface area contributed by atoms with Crippen molar-refractivity contribution in [3.8, 4) is 0 Å². The minimum absolute atomic E-state index is 0.744. The molecule has 1 fully saturated rings. The van der Waals surface area contributed by atoms with Crippen molar-refractivity contribution in [2.45, 2.75) is 26.3 Å². The number of ether oxygens (including phenoxy) is 1. The van der Waals surface area contributed by atoms with E-state index in [9.17, 15) is 0 Å². The van der Waals surface area contributed by atoms with Gasteiger partial charge in [-0.1, -0.05) is 12.1 Å². The van der Waals surface area contributed by atoms with Gasteiger partial charge in [0.15, 0.2) is 0 Å². The van der Waals surface area contributed by atoms with Gasteiger partial charge in [-0.25, -0.2) is 0 Å². The molecule has 1 aromatic rings. The lowest BCUT2D eigenvalue weighted by Gasteiger charge is -2.32. The van der Waals surface area contributed by atoms with Crippen LogP contribution >= 0.6 is 0 Å². The summed E-state index contributed by atoms with van der Waals surface area (Å²) in [6, 6.07) is 6.21. The van der Waals surface area contributed by atoms with Crippen LogP contribution in [0.5, 0.6) is 0 Å². The van der Waals surface area contributed by atoms with Crippen molar-refractivity contribution in [3.05, 3.63) is 29.3 Å². The smallest absolute Gasteiger partial charge is 0.0491 e. The summed E-state index contributed by atoms with van der Waals surface area (Å²) in [5, 5.41) is 0. The molecule has 0 atom stereocenters. The molecule has 2 N–H and O–H groups in total. The maximum atomic E-state index is 5.95. The number of hydrogen-bond acceptors (Lipinski definition) is 3. The van der Waals surface area contributed by atoms with Crippen LogP contribution in [-0.4, -0.2) is 31.7 Å². The Kier molecular flexibility index (Phi) is 4.61. The standard InChI is InChI=1S/C15H24N2O/c1-12-14(4-3-5-15(12)16)10-17-8-6-13(7-9-17)11-18-2/h3-5,13H,6-11,16H2,1-2H3. The highest BCUT2D eigenvalue weighted by atomic mass is 16.5. The van der Waals surface area contributed by atoms with Crippen LogP contribution in [0.4, 0.5) is 5.69 Å². The van der Waals surface area contributed by atoms with Gasteiger partial charge in [-0.2, -0.15) is 0 Å². The largest absolute Gasteiger partial charge is 0.399 e. The lowest BCUT2D eigenvalue weighted by molar-refractivity contribution is 0.0967. The Morgan fingerprint density at radius 1 is 1.33 bits per heavy atom. The van der Waals surface area contributed by atoms with Crippen LogP contribution in [0.3, 0.4) is 0 Å². The van der Waals surface area contributed by atoms with Crippen LogP contribution in [0.2, 0.25) is 0 Å². The van der Waals surface area contributed by atoms with Gasteiger partial charge in [-0.3, -0.25) is 4.90 Å². The van der Waals surface area contributed by atoms with Crippen LogP contribution in [0, 0.1) is 12.8 Å². The molecule has 100 valence electrons. The summed E-state index contributed by atoms with van der Waals surface area (Å²) < 4.78 is 5.23. The highest BCUT2D eigenvalue weighted by Gasteiger charge is 2.19. The summed E-state index contributed by atoms with van der Waals surface area (Å²) in [6.45, 7) is 6.38. The maximum absolute atomic E-state index is 5.95. The van der Waals surface area contributed by atoms with Crippen molar-refractivity contribution >= 4 is 5.69 Å². The minimum atomic E-state index is 0.744. The number of nitrogens with zero attached hydrogens (tertiary/aromatic N) is 1. The van der Waals surface area contributed by atoms with Crippen LogP contribution in [0.15, 0.2) is 18.2 Å². The summed E-state index contributed by atoms with van der Waals surface area (Å²) in [7, 11) is 1.79. The molecule has 1 aromatic carbocycles. The second kappa shape index (κ2) is 6.21. The Labute approximate surface area is 110 Å². The first-order valence-electron chi connectivity index (χ1n) is 6.76. The van der Waals surface area contributed by atoms with E-state index in [-0.39, 0.29) is 0 Å². The Bertz CT molecular complexity index is 384. The van der Waals surface area contributed by atoms with Gasteiger partial charge in [0.1, 0.15) is 0 Å². The number of methoxy groups -OCH3 is 1. The lowest BCUT2D eigenvalue weighted by atomic mass is 9.97. The predicted octanol–water partition coefficient (Wildman–Crippen LogP) is 2.44. The molecule has 0 radical (unpaired) electrons. The van der Waals surface area contributed by atoms with Crippen molar-refractivity contribution in [1.82, 2.24) is 4.90 Å². The average molecular weight is 248 g/mol. The Morgan fingerprint density at radius 3 is 2.72 bits per heavy atom. The van der Waals surface area contributed by atoms with Gasteiger partial charge in [-0.05, 0) is 56.0 Å². The van der Waals surface area contributed by atoms with E-state index in [0.29, 0.717) is 0 Å². The molecule has 3 heteroatoms. The molecular formula is C15H24N2O. The lowest BCUT2D eigenvalue weighted by Crippen LogP contribution is -2.34. The third kappa shape index (κ3) is 3.24. The molecule has 0 aromatic heterocycles. The van der Waals surface area contributed by atoms with Crippen molar-refractivity contribution in [2.24, 2.45) is 5.92 Å². The highest BCUT2D eigenvalue weighted by Crippen LogP contribution is 2.22. The Balaban J connectivity index is 1.90. The van der Waals surface area contributed by atoms with Gasteiger partial charge in [0.2, 0.25) is 0 Å². The number of rotatable bonds is 4. The van der Waals surface area contributed by atoms with E-state index in [4.69, 9.17) is 10.5 Å². The molecule has 0 unspecified atom stereocenters. The number of hydrogen-bond donors (Lipinski definition) is 1. The summed E-state index contributed by atoms with van der Waals surface area (Å²) in [5.74, 6) is 0.744. The molecule has 1 saturated heterocycles. The van der Waals surface area contributed by atoms with Crippen LogP contribution < -0.4 is 5.73 Å². The molecule has 1 aliphatic rings. The molecule has 0 spiro atoms. The van der Waals surface area contributed by atoms with Gasteiger partial charge in [0.25, 0.3) is 0 Å². The van der Waals surface area contributed by atoms with Crippen molar-refractivity contribution in [2.75, 3.05) is 32.5 Å². The zero-order valence-corrected chi connectivity index (χ0v) is 11.5. The molecule has 2 rings (SSSR count). The fraction of sp³-hybridized carbons (Fsp3) is 0.600. The molecular weight excluding hydrogens is 224 g/mol. The first kappa shape index (κ1) is 13.4. The van der Waals surface area contributed by atoms with Crippen LogP contribution in [-0.2, 0) is 11.3 Å². The van der Waals surface area contributed by atoms with E-state index >= 15 is 0 Å². The van der Waals surface area contributed by atoms with Crippen LogP contribution in [0.1, 0.15) is 24.0 Å². The van der Waals surface area contributed by atoms with Crippen molar-refractivity contribution in [3.63, 3.8) is 0 Å². The summed E-state index contributed by atoms with van der Waals surface area (Å²) >= 11 is 0. The summed E-state index contributed by atoms with van der Waals surface area (Å²) in [4.78, 5) is 2.52. The van der Waals surface area contributed by atoms with Gasteiger partial charge in [0, 0.05) is 25.9 Å². The number of anilines is 1. The first-order valence-corrected chi connectivity index (χ1v) is 6.76. The number of piperidine rings is 1. The van der Waals surface area contributed by atoms with E-state index in [2.05, 4.69) is 24.0 Å². The molecule has 0 bridgehead atoms. The van der Waals surface area contributed by atoms with E-state index < -0.39 is 0 Å². The van der Waals surface area contributed by atoms with Crippen molar-refractivity contribution in [1.29, 1.82) is 0 Å². The topological polar surface area (TPSA) is 38.5 Å². The number of nitrogen functional groups attached to an aromatic ring is 1. The first-order chi connectivity index (χ1) is 8.70. The van der Waals surface area contributed by atoms with Gasteiger partial charge >= 0.3 is 0 Å². The molecule has 3 nitrogen and oxygen atoms in total. The molecule has 1 aliphatic heterocycles. The highest BCUT2D eigenvalue weighted by molar-refractivity contribution is 5.49. The number of benzene rings is 1. The Morgan fingerprint density at radius 2 is 2.06 bits per heavy atom. The zero-order chi connectivity index (χ0) is 13.0. The second-order valence-electron chi connectivity index (χ2n) is 5.31. The molecule has 0 amide bonds. The van der Waals surface area contributed by atoms with E-state index in [0.717, 1.165) is 24.8 Å². The fourth-order valence-electron chi connectivity index (χ4n) is 2.66. The molecule has 1 heterocycles. The SMILES string of the molecule is COCC1CCN(Cc2cccc(N)c2C)CC1. The quantitative estimate of drug-likeness (QED) is 0.832. The van der Waals surface area contributed by atoms with Crippen LogP contribution in [0.25, 0.3) is 0 Å². The number of likely N-dealkylation sites (tertiary alicyclic amines) is 1. The third-order valence-corrected chi connectivity index (χ3v) is 3.99. The fourth-order valence-corrected chi connectivity index (χ4v) is 2.66. The van der Waals surface area contributed by atoms with E-state index in [1.165, 1.54) is 37.1 Å². The predicted molar refractivity (Wildman–Crippen MR) is 75.5 cm³/mol. The zero-order valence-electron chi connectivity index (χ0n) is 11.5. The van der Waals surface area contributed by atoms with Gasteiger partial charge in [0.05, 0.1) is 0 Å². The number of nitrogens with two attached hydrogens (primary N) is 1. The molecule has 0 aliphatic carbocycles. The van der Waals surface area contributed by atoms with E-state index in [1.807, 2.05) is 6.07 Å². The Hall–Kier alpha value is -1.06. The van der Waals surface area contributed by atoms with Gasteiger partial charge in [-0.15, -0.1) is 0 Å². The maximum Gasteiger partial charge on any atom is 0.0491 e.